The Morgan fingerprint density at radius 3 is 2.57 bits per heavy atom. The minimum Gasteiger partial charge on any atom is -0.493 e. The molecule has 0 aliphatic heterocycles. The second-order valence-corrected chi connectivity index (χ2v) is 6.55. The van der Waals surface area contributed by atoms with E-state index in [2.05, 4.69) is 26.7 Å². The molecular weight excluding hydrogens is 376 g/mol. The first-order valence-electron chi connectivity index (χ1n) is 8.94. The predicted molar refractivity (Wildman–Crippen MR) is 113 cm³/mol. The van der Waals surface area contributed by atoms with Crippen LogP contribution in [0.1, 0.15) is 11.1 Å². The van der Waals surface area contributed by atoms with Crippen LogP contribution in [-0.4, -0.2) is 30.7 Å². The molecule has 0 bridgehead atoms. The van der Waals surface area contributed by atoms with Crippen molar-refractivity contribution in [2.24, 2.45) is 0 Å². The van der Waals surface area contributed by atoms with Crippen LogP contribution in [0.2, 0.25) is 5.02 Å². The van der Waals surface area contributed by atoms with Crippen molar-refractivity contribution < 1.29 is 9.47 Å². The van der Waals surface area contributed by atoms with Crippen molar-refractivity contribution >= 4 is 23.4 Å². The molecule has 0 aliphatic rings. The number of hydrogen-bond acceptors (Lipinski definition) is 6. The smallest absolute Gasteiger partial charge is 0.224 e. The van der Waals surface area contributed by atoms with Crippen LogP contribution in [0.15, 0.2) is 54.7 Å². The van der Waals surface area contributed by atoms with Gasteiger partial charge in [0.1, 0.15) is 5.82 Å². The van der Waals surface area contributed by atoms with E-state index in [4.69, 9.17) is 21.1 Å². The van der Waals surface area contributed by atoms with Crippen LogP contribution in [0.5, 0.6) is 11.5 Å². The summed E-state index contributed by atoms with van der Waals surface area (Å²) in [5.41, 5.74) is 2.22. The summed E-state index contributed by atoms with van der Waals surface area (Å²) in [6.07, 6.45) is 2.59. The van der Waals surface area contributed by atoms with E-state index >= 15 is 0 Å². The Morgan fingerprint density at radius 2 is 1.79 bits per heavy atom. The van der Waals surface area contributed by atoms with Gasteiger partial charge in [-0.1, -0.05) is 29.8 Å². The molecule has 2 aromatic carbocycles. The van der Waals surface area contributed by atoms with Gasteiger partial charge in [-0.15, -0.1) is 0 Å². The molecule has 6 nitrogen and oxygen atoms in total. The first-order chi connectivity index (χ1) is 13.7. The standard InChI is InChI=1S/C21H23ClN4O2/c1-27-18-7-6-16(13-19(18)28-2)14-25-21-24-11-9-20(26-21)23-10-8-15-4-3-5-17(22)12-15/h3-7,9,11-13H,8,10,14H2,1-2H3,(H2,23,24,25,26). The molecule has 3 rings (SSSR count). The molecule has 0 unspecified atom stereocenters. The van der Waals surface area contributed by atoms with Crippen LogP contribution >= 0.6 is 11.6 Å². The van der Waals surface area contributed by atoms with E-state index in [0.29, 0.717) is 24.0 Å². The van der Waals surface area contributed by atoms with E-state index in [-0.39, 0.29) is 0 Å². The fourth-order valence-electron chi connectivity index (χ4n) is 2.74. The SMILES string of the molecule is COc1ccc(CNc2nccc(NCCc3cccc(Cl)c3)n2)cc1OC. The molecule has 7 heteroatoms. The zero-order valence-electron chi connectivity index (χ0n) is 15.9. The van der Waals surface area contributed by atoms with Crippen LogP contribution in [0.4, 0.5) is 11.8 Å². The van der Waals surface area contributed by atoms with Gasteiger partial charge >= 0.3 is 0 Å². The zero-order valence-corrected chi connectivity index (χ0v) is 16.7. The summed E-state index contributed by atoms with van der Waals surface area (Å²) in [4.78, 5) is 8.77. The van der Waals surface area contributed by atoms with Crippen molar-refractivity contribution in [1.82, 2.24) is 9.97 Å². The van der Waals surface area contributed by atoms with Gasteiger partial charge in [-0.3, -0.25) is 0 Å². The third kappa shape index (κ3) is 5.50. The molecule has 0 saturated carbocycles. The van der Waals surface area contributed by atoms with Gasteiger partial charge in [-0.2, -0.15) is 4.98 Å². The first kappa shape index (κ1) is 19.8. The van der Waals surface area contributed by atoms with Crippen molar-refractivity contribution in [3.8, 4) is 11.5 Å². The Kier molecular flexibility index (Phi) is 6.92. The summed E-state index contributed by atoms with van der Waals surface area (Å²) in [7, 11) is 3.24. The molecule has 1 aromatic heterocycles. The fraction of sp³-hybridized carbons (Fsp3) is 0.238. The Labute approximate surface area is 169 Å². The fourth-order valence-corrected chi connectivity index (χ4v) is 2.95. The molecule has 0 radical (unpaired) electrons. The predicted octanol–water partition coefficient (Wildman–Crippen LogP) is 4.41. The summed E-state index contributed by atoms with van der Waals surface area (Å²) in [6, 6.07) is 15.5. The normalized spacial score (nSPS) is 10.4. The lowest BCUT2D eigenvalue weighted by molar-refractivity contribution is 0.354. The Hall–Kier alpha value is -2.99. The molecule has 1 heterocycles. The number of ether oxygens (including phenoxy) is 2. The molecule has 0 saturated heterocycles. The highest BCUT2D eigenvalue weighted by Crippen LogP contribution is 2.27. The number of anilines is 2. The quantitative estimate of drug-likeness (QED) is 0.556. The second-order valence-electron chi connectivity index (χ2n) is 6.12. The molecule has 28 heavy (non-hydrogen) atoms. The Bertz CT molecular complexity index is 920. The van der Waals surface area contributed by atoms with Crippen molar-refractivity contribution in [3.63, 3.8) is 0 Å². The van der Waals surface area contributed by atoms with Crippen molar-refractivity contribution in [1.29, 1.82) is 0 Å². The minimum absolute atomic E-state index is 0.558. The summed E-state index contributed by atoms with van der Waals surface area (Å²) in [5, 5.41) is 7.29. The average molecular weight is 399 g/mol. The molecule has 0 amide bonds. The van der Waals surface area contributed by atoms with E-state index in [1.165, 1.54) is 5.56 Å². The monoisotopic (exact) mass is 398 g/mol. The maximum Gasteiger partial charge on any atom is 0.224 e. The lowest BCUT2D eigenvalue weighted by Gasteiger charge is -2.11. The van der Waals surface area contributed by atoms with E-state index in [9.17, 15) is 0 Å². The highest BCUT2D eigenvalue weighted by atomic mass is 35.5. The van der Waals surface area contributed by atoms with Gasteiger partial charge in [0.15, 0.2) is 11.5 Å². The van der Waals surface area contributed by atoms with Gasteiger partial charge in [-0.05, 0) is 47.9 Å². The average Bonchev–Trinajstić information content (AvgIpc) is 2.72. The molecule has 0 atom stereocenters. The molecule has 0 fully saturated rings. The lowest BCUT2D eigenvalue weighted by atomic mass is 10.1. The van der Waals surface area contributed by atoms with Gasteiger partial charge < -0.3 is 20.1 Å². The lowest BCUT2D eigenvalue weighted by Crippen LogP contribution is -2.09. The maximum absolute atomic E-state index is 6.02. The maximum atomic E-state index is 6.02. The zero-order chi connectivity index (χ0) is 19.8. The summed E-state index contributed by atoms with van der Waals surface area (Å²) < 4.78 is 10.6. The van der Waals surface area contributed by atoms with Crippen molar-refractivity contribution in [2.45, 2.75) is 13.0 Å². The van der Waals surface area contributed by atoms with Crippen LogP contribution in [0.25, 0.3) is 0 Å². The van der Waals surface area contributed by atoms with Crippen LogP contribution in [0, 0.1) is 0 Å². The van der Waals surface area contributed by atoms with E-state index in [0.717, 1.165) is 29.4 Å². The third-order valence-electron chi connectivity index (χ3n) is 4.16. The van der Waals surface area contributed by atoms with E-state index < -0.39 is 0 Å². The number of aromatic nitrogens is 2. The summed E-state index contributed by atoms with van der Waals surface area (Å²) in [6.45, 7) is 1.33. The molecule has 146 valence electrons. The van der Waals surface area contributed by atoms with Gasteiger partial charge in [0.05, 0.1) is 14.2 Å². The summed E-state index contributed by atoms with van der Waals surface area (Å²) in [5.74, 6) is 2.72. The van der Waals surface area contributed by atoms with Gasteiger partial charge in [0.25, 0.3) is 0 Å². The number of halogens is 1. The van der Waals surface area contributed by atoms with Crippen molar-refractivity contribution in [3.05, 3.63) is 70.9 Å². The summed E-state index contributed by atoms with van der Waals surface area (Å²) >= 11 is 6.02. The largest absolute Gasteiger partial charge is 0.493 e. The number of methoxy groups -OCH3 is 2. The topological polar surface area (TPSA) is 68.3 Å². The van der Waals surface area contributed by atoms with E-state index in [1.54, 1.807) is 20.4 Å². The number of nitrogens with zero attached hydrogens (tertiary/aromatic N) is 2. The third-order valence-corrected chi connectivity index (χ3v) is 4.40. The van der Waals surface area contributed by atoms with Crippen LogP contribution < -0.4 is 20.1 Å². The first-order valence-corrected chi connectivity index (χ1v) is 9.32. The van der Waals surface area contributed by atoms with Crippen molar-refractivity contribution in [2.75, 3.05) is 31.4 Å². The number of nitrogens with one attached hydrogen (secondary N) is 2. The number of rotatable bonds is 9. The van der Waals surface area contributed by atoms with Gasteiger partial charge in [-0.25, -0.2) is 4.98 Å². The van der Waals surface area contributed by atoms with E-state index in [1.807, 2.05) is 42.5 Å². The molecule has 2 N–H and O–H groups in total. The second kappa shape index (κ2) is 9.80. The highest BCUT2D eigenvalue weighted by molar-refractivity contribution is 6.30. The Balaban J connectivity index is 1.54. The highest BCUT2D eigenvalue weighted by Gasteiger charge is 2.05. The van der Waals surface area contributed by atoms with Crippen LogP contribution in [0.3, 0.4) is 0 Å². The molecule has 3 aromatic rings. The molecule has 0 spiro atoms. The molecular formula is C21H23ClN4O2. The number of benzene rings is 2. The van der Waals surface area contributed by atoms with Gasteiger partial charge in [0.2, 0.25) is 5.95 Å². The van der Waals surface area contributed by atoms with Crippen LogP contribution in [-0.2, 0) is 13.0 Å². The Morgan fingerprint density at radius 1 is 0.929 bits per heavy atom. The van der Waals surface area contributed by atoms with Gasteiger partial charge in [0, 0.05) is 24.3 Å². The minimum atomic E-state index is 0.558. The number of hydrogen-bond donors (Lipinski definition) is 2. The molecule has 0 aliphatic carbocycles.